The average molecular weight is 1620 g/mol. The number of ether oxygens (including phenoxy) is 13. The van der Waals surface area contributed by atoms with Crippen molar-refractivity contribution in [3.63, 3.8) is 0 Å². The number of nitrogens with one attached hydrogen (secondary N) is 4. The Hall–Kier alpha value is -8.83. The lowest BCUT2D eigenvalue weighted by atomic mass is 9.83. The van der Waals surface area contributed by atoms with Crippen LogP contribution in [0, 0.1) is 17.8 Å². The third-order valence-electron chi connectivity index (χ3n) is 21.0. The van der Waals surface area contributed by atoms with E-state index in [1.807, 2.05) is 20.0 Å². The number of likely N-dealkylation sites (tertiary alicyclic amines) is 1. The fourth-order valence-electron chi connectivity index (χ4n) is 14.7. The molecule has 2 unspecified atom stereocenters. The number of benzene rings is 3. The SMILES string of the molecule is COc1cc2c(cc1OCCCCCOc1cc3c(cc1OC)C(=O)N1C=C(C)C[C@H]1[C@H](O)N3C(=O)OCc1ccc(NC(=O)[C@H](C)NC(=O)[C@@H](NC(=O)CCOCCOCCOCCOCCOCCOCCOCCOCCNC(=O)CCN3C(=O)CC(C4CCCCCCCC4)C3O)C(C)C)cc1)N=C[C@@H]1CC(C)=CN1C2=O. The molecule has 1 aliphatic carbocycles. The van der Waals surface area contributed by atoms with Crippen LogP contribution in [-0.4, -0.2) is 261 Å². The molecule has 3 aromatic rings. The summed E-state index contributed by atoms with van der Waals surface area (Å²) in [5, 5.41) is 34.0. The van der Waals surface area contributed by atoms with Gasteiger partial charge in [-0.3, -0.25) is 38.6 Å². The Morgan fingerprint density at radius 1 is 0.552 bits per heavy atom. The molecular weight excluding hydrogens is 1500 g/mol. The number of amides is 8. The summed E-state index contributed by atoms with van der Waals surface area (Å²) in [6.45, 7) is 15.4. The quantitative estimate of drug-likeness (QED) is 0.0289. The number of anilines is 2. The largest absolute Gasteiger partial charge is 0.493 e. The molecule has 0 spiro atoms. The molecular formula is C84H121N9O23. The van der Waals surface area contributed by atoms with Gasteiger partial charge in [-0.2, -0.15) is 0 Å². The van der Waals surface area contributed by atoms with Crippen molar-refractivity contribution in [2.24, 2.45) is 22.7 Å². The molecule has 116 heavy (non-hydrogen) atoms. The van der Waals surface area contributed by atoms with Crippen LogP contribution < -0.4 is 45.1 Å². The van der Waals surface area contributed by atoms with E-state index in [4.69, 9.17) is 61.6 Å². The summed E-state index contributed by atoms with van der Waals surface area (Å²) in [5.41, 5.74) is 3.93. The molecule has 6 N–H and O–H groups in total. The predicted molar refractivity (Wildman–Crippen MR) is 429 cm³/mol. The molecule has 6 aliphatic rings. The lowest BCUT2D eigenvalue weighted by molar-refractivity contribution is -0.134. The Labute approximate surface area is 680 Å². The van der Waals surface area contributed by atoms with Crippen molar-refractivity contribution in [3.05, 3.63) is 88.8 Å². The molecule has 5 heterocycles. The highest BCUT2D eigenvalue weighted by Gasteiger charge is 2.46. The predicted octanol–water partition coefficient (Wildman–Crippen LogP) is 8.29. The molecule has 0 bridgehead atoms. The van der Waals surface area contributed by atoms with E-state index in [1.54, 1.807) is 67.6 Å². The van der Waals surface area contributed by atoms with Gasteiger partial charge in [-0.05, 0) is 94.5 Å². The average Bonchev–Trinajstić information content (AvgIpc) is 1.58. The Balaban J connectivity index is 0.567. The number of carbonyl (C=O) groups excluding carboxylic acids is 8. The van der Waals surface area contributed by atoms with Crippen LogP contribution in [0.5, 0.6) is 23.0 Å². The van der Waals surface area contributed by atoms with Crippen molar-refractivity contribution < 1.29 is 110 Å². The lowest BCUT2D eigenvalue weighted by Crippen LogP contribution is -2.53. The number of aliphatic hydroxyl groups excluding tert-OH is 2. The van der Waals surface area contributed by atoms with Crippen molar-refractivity contribution in [1.29, 1.82) is 0 Å². The minimum absolute atomic E-state index is 0.0123. The number of nitrogens with zero attached hydrogens (tertiary/aromatic N) is 5. The molecule has 8 amide bonds. The van der Waals surface area contributed by atoms with Gasteiger partial charge in [-0.25, -0.2) is 9.69 Å². The lowest BCUT2D eigenvalue weighted by Gasteiger charge is -2.31. The Bertz CT molecular complexity index is 3770. The van der Waals surface area contributed by atoms with E-state index in [9.17, 15) is 48.6 Å². The first-order valence-corrected chi connectivity index (χ1v) is 41.0. The fourth-order valence-corrected chi connectivity index (χ4v) is 14.7. The number of aliphatic imine (C=N–C) groups is 1. The van der Waals surface area contributed by atoms with E-state index in [1.165, 1.54) is 68.8 Å². The van der Waals surface area contributed by atoms with Crippen LogP contribution in [0.2, 0.25) is 0 Å². The molecule has 7 atom stereocenters. The molecule has 9 rings (SSSR count). The van der Waals surface area contributed by atoms with Gasteiger partial charge in [0.2, 0.25) is 29.5 Å². The number of unbranched alkanes of at least 4 members (excludes halogenated alkanes) is 2. The molecule has 1 saturated heterocycles. The zero-order valence-corrected chi connectivity index (χ0v) is 68.4. The fraction of sp³-hybridized carbons (Fsp3) is 0.631. The van der Waals surface area contributed by atoms with Gasteiger partial charge in [-0.1, -0.05) is 88.5 Å². The molecule has 5 aliphatic heterocycles. The van der Waals surface area contributed by atoms with E-state index in [0.717, 1.165) is 48.2 Å². The molecule has 2 fully saturated rings. The van der Waals surface area contributed by atoms with Crippen LogP contribution in [0.3, 0.4) is 0 Å². The third kappa shape index (κ3) is 27.6. The van der Waals surface area contributed by atoms with Crippen LogP contribution in [0.15, 0.2) is 77.1 Å². The molecule has 640 valence electrons. The van der Waals surface area contributed by atoms with Gasteiger partial charge in [0.1, 0.15) is 24.9 Å². The first-order valence-electron chi connectivity index (χ1n) is 41.0. The van der Waals surface area contributed by atoms with Gasteiger partial charge in [0.25, 0.3) is 11.8 Å². The van der Waals surface area contributed by atoms with Gasteiger partial charge in [0, 0.05) is 74.7 Å². The highest BCUT2D eigenvalue weighted by Crippen LogP contribution is 2.44. The number of aliphatic hydroxyl groups is 2. The molecule has 1 saturated carbocycles. The van der Waals surface area contributed by atoms with Crippen molar-refractivity contribution >= 4 is 70.7 Å². The highest BCUT2D eigenvalue weighted by molar-refractivity contribution is 6.07. The number of rotatable bonds is 49. The first kappa shape index (κ1) is 91.1. The zero-order valence-electron chi connectivity index (χ0n) is 68.4. The van der Waals surface area contributed by atoms with Crippen molar-refractivity contribution in [2.75, 3.05) is 156 Å². The second kappa shape index (κ2) is 48.1. The maximum atomic E-state index is 14.3. The van der Waals surface area contributed by atoms with Crippen LogP contribution >= 0.6 is 0 Å². The maximum Gasteiger partial charge on any atom is 0.416 e. The van der Waals surface area contributed by atoms with Crippen LogP contribution in [0.1, 0.15) is 164 Å². The second-order valence-electron chi connectivity index (χ2n) is 30.1. The van der Waals surface area contributed by atoms with Gasteiger partial charge < -0.3 is 108 Å². The Morgan fingerprint density at radius 2 is 1.09 bits per heavy atom. The number of hydrogen-bond acceptors (Lipinski definition) is 24. The maximum absolute atomic E-state index is 14.3. The minimum atomic E-state index is -1.53. The van der Waals surface area contributed by atoms with Crippen molar-refractivity contribution in [2.45, 2.75) is 181 Å². The Kier molecular flexibility index (Phi) is 37.8. The standard InChI is InChI=1S/C84H121N9O23/c1-56(2)77(89-75(95)24-29-106-31-33-108-35-37-110-39-41-112-43-44-113-42-40-111-38-36-109-34-32-107-30-25-85-74(94)23-26-90-76(96)49-64(80(90)99)61-17-13-10-8-9-11-14-18-61)79(98)87-59(5)78(97)88-62-21-19-60(20-22-62)55-116-84(103)93-68-51-73(71(105-7)48-66(68)82(101)92-54-58(4)46-69(92)83(93)102)115-28-16-12-15-27-114-72-50-67-65(47-70(72)104-6)81(100)91-53-57(3)45-63(91)52-86-67/h19-22,47-48,50-54,56,59,61,63-64,69,77,80,83,99,102H,8-18,23-46,49,55H2,1-7H3,(H,85,94)(H,87,98)(H,88,97)(H,89,95)/t59-,63-,64?,69-,77-,80?,83-/m0/s1. The van der Waals surface area contributed by atoms with Crippen LogP contribution in [-0.2, 0) is 73.2 Å². The summed E-state index contributed by atoms with van der Waals surface area (Å²) in [6, 6.07) is 9.95. The topological polar surface area (TPSA) is 370 Å². The molecule has 32 heteroatoms. The number of methoxy groups -OCH3 is 2. The zero-order chi connectivity index (χ0) is 82.7. The monoisotopic (exact) mass is 1620 g/mol. The summed E-state index contributed by atoms with van der Waals surface area (Å²) in [5.74, 6) is -0.983. The van der Waals surface area contributed by atoms with Gasteiger partial charge in [0.05, 0.1) is 168 Å². The highest BCUT2D eigenvalue weighted by atomic mass is 16.6. The second-order valence-corrected chi connectivity index (χ2v) is 30.1. The summed E-state index contributed by atoms with van der Waals surface area (Å²) < 4.78 is 74.0. The number of hydrogen-bond donors (Lipinski definition) is 6. The normalized spacial score (nSPS) is 19.3. The van der Waals surface area contributed by atoms with Crippen molar-refractivity contribution in [1.82, 2.24) is 30.7 Å². The third-order valence-corrected chi connectivity index (χ3v) is 21.0. The molecule has 0 radical (unpaired) electrons. The smallest absolute Gasteiger partial charge is 0.416 e. The minimum Gasteiger partial charge on any atom is -0.493 e. The first-order chi connectivity index (χ1) is 56.2. The summed E-state index contributed by atoms with van der Waals surface area (Å²) in [7, 11) is 2.96. The van der Waals surface area contributed by atoms with Crippen LogP contribution in [0.4, 0.5) is 21.9 Å². The van der Waals surface area contributed by atoms with E-state index >= 15 is 0 Å². The van der Waals surface area contributed by atoms with Crippen LogP contribution in [0.25, 0.3) is 0 Å². The number of carbonyl (C=O) groups is 8. The van der Waals surface area contributed by atoms with Gasteiger partial charge in [0.15, 0.2) is 29.2 Å². The van der Waals surface area contributed by atoms with E-state index in [-0.39, 0.29) is 111 Å². The van der Waals surface area contributed by atoms with Gasteiger partial charge in [-0.15, -0.1) is 0 Å². The summed E-state index contributed by atoms with van der Waals surface area (Å²) >= 11 is 0. The van der Waals surface area contributed by atoms with Gasteiger partial charge >= 0.3 is 6.09 Å². The van der Waals surface area contributed by atoms with Crippen molar-refractivity contribution in [3.8, 4) is 23.0 Å². The summed E-state index contributed by atoms with van der Waals surface area (Å²) in [4.78, 5) is 117. The number of fused-ring (bicyclic) bond motifs is 4. The van der Waals surface area contributed by atoms with E-state index in [2.05, 4.69) is 26.3 Å². The summed E-state index contributed by atoms with van der Waals surface area (Å²) in [6.07, 6.45) is 14.8. The molecule has 0 aromatic heterocycles. The Morgan fingerprint density at radius 3 is 1.67 bits per heavy atom. The van der Waals surface area contributed by atoms with E-state index < -0.39 is 60.3 Å². The molecule has 32 nitrogen and oxygen atoms in total. The van der Waals surface area contributed by atoms with E-state index in [0.29, 0.717) is 171 Å². The molecule has 3 aromatic carbocycles.